The summed E-state index contributed by atoms with van der Waals surface area (Å²) in [4.78, 5) is 16.1. The van der Waals surface area contributed by atoms with Crippen LogP contribution in [0.1, 0.15) is 31.2 Å². The van der Waals surface area contributed by atoms with Gasteiger partial charge in [-0.05, 0) is 41.7 Å². The molecular weight excluding hydrogens is 334 g/mol. The summed E-state index contributed by atoms with van der Waals surface area (Å²) in [5, 5.41) is 9.78. The molecule has 0 aliphatic carbocycles. The Kier molecular flexibility index (Phi) is 4.60. The molecule has 0 radical (unpaired) electrons. The normalized spacial score (nSPS) is 23.1. The number of nitrogens with one attached hydrogen (secondary N) is 3. The number of rotatable bonds is 0. The summed E-state index contributed by atoms with van der Waals surface area (Å²) in [6, 6.07) is 0. The van der Waals surface area contributed by atoms with Crippen LogP contribution in [-0.2, 0) is 11.3 Å². The first kappa shape index (κ1) is 14.6. The Morgan fingerprint density at radius 1 is 1.29 bits per heavy atom. The molecule has 114 valence electrons. The van der Waals surface area contributed by atoms with Gasteiger partial charge in [-0.2, -0.15) is 0 Å². The van der Waals surface area contributed by atoms with E-state index in [0.29, 0.717) is 6.42 Å². The van der Waals surface area contributed by atoms with E-state index in [4.69, 9.17) is 0 Å². The van der Waals surface area contributed by atoms with Gasteiger partial charge in [0, 0.05) is 42.0 Å². The fourth-order valence-corrected chi connectivity index (χ4v) is 3.17. The van der Waals surface area contributed by atoms with E-state index in [1.807, 2.05) is 6.21 Å². The highest BCUT2D eigenvalue weighted by Gasteiger charge is 2.20. The lowest BCUT2D eigenvalue weighted by atomic mass is 10.2. The topological polar surface area (TPSA) is 70.5 Å². The molecule has 3 heterocycles. The summed E-state index contributed by atoms with van der Waals surface area (Å²) in [5.41, 5.74) is 1.09. The third-order valence-electron chi connectivity index (χ3n) is 3.76. The van der Waals surface area contributed by atoms with Crippen LogP contribution in [0.15, 0.2) is 15.7 Å². The van der Waals surface area contributed by atoms with Crippen LogP contribution in [0.25, 0.3) is 0 Å². The zero-order valence-electron chi connectivity index (χ0n) is 11.9. The molecule has 1 aromatic rings. The molecule has 2 aliphatic heterocycles. The molecule has 0 fully saturated rings. The highest BCUT2D eigenvalue weighted by Crippen LogP contribution is 2.29. The van der Waals surface area contributed by atoms with Crippen molar-refractivity contribution in [2.24, 2.45) is 4.99 Å². The maximum Gasteiger partial charge on any atom is 0.219 e. The van der Waals surface area contributed by atoms with Crippen molar-refractivity contribution in [1.29, 1.82) is 0 Å². The summed E-state index contributed by atoms with van der Waals surface area (Å²) < 4.78 is 3.22. The number of aliphatic imine (C=N–C) groups is 1. The van der Waals surface area contributed by atoms with Gasteiger partial charge in [0.1, 0.15) is 5.82 Å². The fourth-order valence-electron chi connectivity index (χ4n) is 2.63. The van der Waals surface area contributed by atoms with Gasteiger partial charge in [0.05, 0.1) is 0 Å². The number of carbonyl (C=O) groups is 1. The van der Waals surface area contributed by atoms with Gasteiger partial charge in [-0.3, -0.25) is 15.1 Å². The number of nitrogens with zero attached hydrogens (tertiary/aromatic N) is 2. The van der Waals surface area contributed by atoms with Crippen LogP contribution in [0.5, 0.6) is 0 Å². The second kappa shape index (κ2) is 6.62. The van der Waals surface area contributed by atoms with Crippen LogP contribution < -0.4 is 16.0 Å². The van der Waals surface area contributed by atoms with E-state index in [2.05, 4.69) is 47.6 Å². The van der Waals surface area contributed by atoms with E-state index in [1.54, 1.807) is 0 Å². The molecule has 1 unspecified atom stereocenters. The molecule has 3 rings (SSSR count). The number of hydrogen-bond donors (Lipinski definition) is 3. The first-order chi connectivity index (χ1) is 10.2. The van der Waals surface area contributed by atoms with Crippen molar-refractivity contribution in [2.75, 3.05) is 18.4 Å². The number of aryl methyl sites for hydroxylation is 1. The largest absolute Gasteiger partial charge is 0.356 e. The number of halogens is 1. The number of anilines is 1. The van der Waals surface area contributed by atoms with Crippen molar-refractivity contribution in [3.63, 3.8) is 0 Å². The third-order valence-corrected chi connectivity index (χ3v) is 4.39. The smallest absolute Gasteiger partial charge is 0.219 e. The van der Waals surface area contributed by atoms with Crippen molar-refractivity contribution in [3.8, 4) is 0 Å². The molecule has 7 heteroatoms. The monoisotopic (exact) mass is 353 g/mol. The molecule has 21 heavy (non-hydrogen) atoms. The van der Waals surface area contributed by atoms with Gasteiger partial charge in [-0.15, -0.1) is 0 Å². The van der Waals surface area contributed by atoms with E-state index in [9.17, 15) is 4.79 Å². The molecule has 0 saturated carbocycles. The lowest BCUT2D eigenvalue weighted by Gasteiger charge is -2.23. The Labute approximate surface area is 132 Å². The average molecular weight is 354 g/mol. The van der Waals surface area contributed by atoms with Crippen LogP contribution in [0.4, 0.5) is 5.82 Å². The second-order valence-corrected chi connectivity index (χ2v) is 6.23. The average Bonchev–Trinajstić information content (AvgIpc) is 2.79. The molecule has 0 aromatic carbocycles. The van der Waals surface area contributed by atoms with Gasteiger partial charge in [-0.25, -0.2) is 0 Å². The predicted molar refractivity (Wildman–Crippen MR) is 86.6 cm³/mol. The van der Waals surface area contributed by atoms with Crippen LogP contribution in [0.2, 0.25) is 0 Å². The minimum absolute atomic E-state index is 0.0881. The zero-order valence-corrected chi connectivity index (χ0v) is 13.4. The standard InChI is InChI=1S/C14H20BrN5O/c15-11-9-20-7-3-6-16-12(21)4-1-2-5-17-14-18-8-10(11)13(20)19-14/h8-9,14,17,19H,1-7H2,(H,16,21). The number of aromatic nitrogens is 1. The summed E-state index contributed by atoms with van der Waals surface area (Å²) in [6.45, 7) is 2.43. The fraction of sp³-hybridized carbons (Fsp3) is 0.571. The Balaban J connectivity index is 1.77. The van der Waals surface area contributed by atoms with Gasteiger partial charge < -0.3 is 15.2 Å². The number of amides is 1. The Morgan fingerprint density at radius 3 is 3.10 bits per heavy atom. The van der Waals surface area contributed by atoms with Crippen molar-refractivity contribution >= 4 is 33.9 Å². The minimum atomic E-state index is -0.0881. The summed E-state index contributed by atoms with van der Waals surface area (Å²) >= 11 is 3.58. The van der Waals surface area contributed by atoms with Gasteiger partial charge in [0.25, 0.3) is 0 Å². The van der Waals surface area contributed by atoms with Crippen LogP contribution in [-0.4, -0.2) is 36.1 Å². The van der Waals surface area contributed by atoms with Crippen molar-refractivity contribution in [3.05, 3.63) is 16.2 Å². The van der Waals surface area contributed by atoms with Crippen LogP contribution >= 0.6 is 15.9 Å². The van der Waals surface area contributed by atoms with E-state index in [-0.39, 0.29) is 12.2 Å². The molecule has 1 atom stereocenters. The molecule has 3 N–H and O–H groups in total. The van der Waals surface area contributed by atoms with Gasteiger partial charge >= 0.3 is 0 Å². The Hall–Kier alpha value is -1.34. The maximum absolute atomic E-state index is 11.7. The predicted octanol–water partition coefficient (Wildman–Crippen LogP) is 1.66. The van der Waals surface area contributed by atoms with Gasteiger partial charge in [-0.1, -0.05) is 0 Å². The lowest BCUT2D eigenvalue weighted by molar-refractivity contribution is -0.121. The number of hydrogen-bond acceptors (Lipinski definition) is 4. The highest BCUT2D eigenvalue weighted by atomic mass is 79.9. The number of fused-ring (bicyclic) bond motifs is 1. The molecule has 0 spiro atoms. The van der Waals surface area contributed by atoms with Crippen LogP contribution in [0.3, 0.4) is 0 Å². The third kappa shape index (κ3) is 3.47. The second-order valence-electron chi connectivity index (χ2n) is 5.37. The molecular formula is C14H20BrN5O. The zero-order chi connectivity index (χ0) is 14.7. The Bertz CT molecular complexity index is 554. The van der Waals surface area contributed by atoms with Crippen LogP contribution in [0, 0.1) is 0 Å². The van der Waals surface area contributed by atoms with Crippen molar-refractivity contribution in [2.45, 2.75) is 38.5 Å². The van der Waals surface area contributed by atoms with E-state index >= 15 is 0 Å². The molecule has 1 amide bonds. The summed E-state index contributed by atoms with van der Waals surface area (Å²) in [7, 11) is 0. The quantitative estimate of drug-likeness (QED) is 0.664. The van der Waals surface area contributed by atoms with Gasteiger partial charge in [0.2, 0.25) is 5.91 Å². The Morgan fingerprint density at radius 2 is 2.19 bits per heavy atom. The van der Waals surface area contributed by atoms with Crippen molar-refractivity contribution < 1.29 is 4.79 Å². The minimum Gasteiger partial charge on any atom is -0.356 e. The maximum atomic E-state index is 11.7. The summed E-state index contributed by atoms with van der Waals surface area (Å²) in [5.74, 6) is 1.24. The molecule has 2 bridgehead atoms. The SMILES string of the molecule is O=C1CCCCNC2N=Cc3c(Br)cn(c3N2)CCCN1. The van der Waals surface area contributed by atoms with E-state index < -0.39 is 0 Å². The molecule has 2 aliphatic rings. The highest BCUT2D eigenvalue weighted by molar-refractivity contribution is 9.10. The molecule has 6 nitrogen and oxygen atoms in total. The molecule has 0 saturated heterocycles. The van der Waals surface area contributed by atoms with Crippen molar-refractivity contribution in [1.82, 2.24) is 15.2 Å². The molecule has 1 aromatic heterocycles. The summed E-state index contributed by atoms with van der Waals surface area (Å²) in [6.07, 6.45) is 7.29. The first-order valence-corrected chi connectivity index (χ1v) is 8.22. The number of carbonyl (C=O) groups excluding carboxylic acids is 1. The lowest BCUT2D eigenvalue weighted by Crippen LogP contribution is -2.38. The van der Waals surface area contributed by atoms with Gasteiger partial charge in [0.15, 0.2) is 6.29 Å². The van der Waals surface area contributed by atoms with E-state index in [0.717, 1.165) is 54.8 Å². The van der Waals surface area contributed by atoms with E-state index in [1.165, 1.54) is 0 Å². The first-order valence-electron chi connectivity index (χ1n) is 7.42.